The highest BCUT2D eigenvalue weighted by Gasteiger charge is 2.17. The number of carbonyl (C=O) groups excluding carboxylic acids is 1. The zero-order chi connectivity index (χ0) is 20.3. The lowest BCUT2D eigenvalue weighted by molar-refractivity contribution is 0.0913. The SMILES string of the molecule is Cc1cc(C)cc(Nc2nccc(-c3cc(C(=O)NC(C)CO)n(C)n3)n2)c1. The second kappa shape index (κ2) is 8.18. The van der Waals surface area contributed by atoms with Gasteiger partial charge in [-0.3, -0.25) is 9.48 Å². The number of aryl methyl sites for hydroxylation is 3. The van der Waals surface area contributed by atoms with Gasteiger partial charge in [-0.05, 0) is 56.2 Å². The Bertz CT molecular complexity index is 978. The van der Waals surface area contributed by atoms with E-state index in [9.17, 15) is 4.79 Å². The largest absolute Gasteiger partial charge is 0.394 e. The summed E-state index contributed by atoms with van der Waals surface area (Å²) < 4.78 is 1.49. The maximum Gasteiger partial charge on any atom is 0.269 e. The Balaban J connectivity index is 1.84. The predicted molar refractivity (Wildman–Crippen MR) is 107 cm³/mol. The van der Waals surface area contributed by atoms with Crippen molar-refractivity contribution in [3.63, 3.8) is 0 Å². The Labute approximate surface area is 163 Å². The zero-order valence-electron chi connectivity index (χ0n) is 16.4. The molecule has 1 amide bonds. The summed E-state index contributed by atoms with van der Waals surface area (Å²) in [6.45, 7) is 5.67. The Kier molecular flexibility index (Phi) is 5.70. The molecule has 146 valence electrons. The fourth-order valence-corrected chi connectivity index (χ4v) is 2.89. The maximum atomic E-state index is 12.3. The molecule has 1 atom stereocenters. The molecule has 0 spiro atoms. The van der Waals surface area contributed by atoms with Crippen LogP contribution in [-0.2, 0) is 7.05 Å². The van der Waals surface area contributed by atoms with Gasteiger partial charge in [0, 0.05) is 25.0 Å². The highest BCUT2D eigenvalue weighted by molar-refractivity contribution is 5.93. The Hall–Kier alpha value is -3.26. The Morgan fingerprint density at radius 2 is 1.89 bits per heavy atom. The summed E-state index contributed by atoms with van der Waals surface area (Å²) in [5, 5.41) is 19.4. The highest BCUT2D eigenvalue weighted by Crippen LogP contribution is 2.21. The number of anilines is 2. The van der Waals surface area contributed by atoms with Crippen molar-refractivity contribution in [1.82, 2.24) is 25.1 Å². The van der Waals surface area contributed by atoms with Gasteiger partial charge >= 0.3 is 0 Å². The first-order valence-corrected chi connectivity index (χ1v) is 9.00. The van der Waals surface area contributed by atoms with Gasteiger partial charge in [-0.15, -0.1) is 0 Å². The summed E-state index contributed by atoms with van der Waals surface area (Å²) in [4.78, 5) is 21.1. The molecule has 0 saturated heterocycles. The van der Waals surface area contributed by atoms with Crippen LogP contribution < -0.4 is 10.6 Å². The number of aromatic nitrogens is 4. The van der Waals surface area contributed by atoms with Gasteiger partial charge < -0.3 is 15.7 Å². The standard InChI is InChI=1S/C20H24N6O2/c1-12-7-13(2)9-15(8-12)23-20-21-6-5-16(24-20)17-10-18(26(4)25-17)19(28)22-14(3)11-27/h5-10,14,27H,11H2,1-4H3,(H,22,28)(H,21,23,24). The number of amides is 1. The highest BCUT2D eigenvalue weighted by atomic mass is 16.3. The predicted octanol–water partition coefficient (Wildman–Crippen LogP) is 2.35. The van der Waals surface area contributed by atoms with Gasteiger partial charge in [0.2, 0.25) is 5.95 Å². The van der Waals surface area contributed by atoms with E-state index in [2.05, 4.69) is 31.8 Å². The van der Waals surface area contributed by atoms with Crippen LogP contribution in [0.2, 0.25) is 0 Å². The second-order valence-corrected chi connectivity index (χ2v) is 6.86. The summed E-state index contributed by atoms with van der Waals surface area (Å²) in [5.74, 6) is 0.151. The van der Waals surface area contributed by atoms with Gasteiger partial charge in [0.1, 0.15) is 11.4 Å². The number of aliphatic hydroxyl groups is 1. The van der Waals surface area contributed by atoms with Crippen molar-refractivity contribution >= 4 is 17.5 Å². The zero-order valence-corrected chi connectivity index (χ0v) is 16.4. The molecular weight excluding hydrogens is 356 g/mol. The molecule has 2 aromatic heterocycles. The summed E-state index contributed by atoms with van der Waals surface area (Å²) in [7, 11) is 1.69. The fourth-order valence-electron chi connectivity index (χ4n) is 2.89. The number of nitrogens with zero attached hydrogens (tertiary/aromatic N) is 4. The minimum Gasteiger partial charge on any atom is -0.394 e. The third-order valence-corrected chi connectivity index (χ3v) is 4.16. The molecule has 3 N–H and O–H groups in total. The average Bonchev–Trinajstić information content (AvgIpc) is 3.03. The smallest absolute Gasteiger partial charge is 0.269 e. The van der Waals surface area contributed by atoms with E-state index in [0.717, 1.165) is 16.8 Å². The first kappa shape index (κ1) is 19.5. The number of hydrogen-bond donors (Lipinski definition) is 3. The van der Waals surface area contributed by atoms with Crippen LogP contribution >= 0.6 is 0 Å². The average molecular weight is 380 g/mol. The molecule has 0 saturated carbocycles. The number of carbonyl (C=O) groups is 1. The van der Waals surface area contributed by atoms with Gasteiger partial charge in [-0.25, -0.2) is 9.97 Å². The third-order valence-electron chi connectivity index (χ3n) is 4.16. The van der Waals surface area contributed by atoms with E-state index in [-0.39, 0.29) is 18.6 Å². The number of hydrogen-bond acceptors (Lipinski definition) is 6. The van der Waals surface area contributed by atoms with E-state index < -0.39 is 0 Å². The van der Waals surface area contributed by atoms with E-state index in [1.165, 1.54) is 4.68 Å². The molecule has 0 aliphatic carbocycles. The molecule has 1 unspecified atom stereocenters. The molecule has 3 aromatic rings. The van der Waals surface area contributed by atoms with Crippen molar-refractivity contribution in [3.8, 4) is 11.4 Å². The van der Waals surface area contributed by atoms with Crippen molar-refractivity contribution in [2.75, 3.05) is 11.9 Å². The summed E-state index contributed by atoms with van der Waals surface area (Å²) in [5.41, 5.74) is 4.76. The number of rotatable bonds is 6. The third kappa shape index (κ3) is 4.52. The fraction of sp³-hybridized carbons (Fsp3) is 0.300. The first-order chi connectivity index (χ1) is 13.4. The van der Waals surface area contributed by atoms with E-state index in [0.29, 0.717) is 23.0 Å². The van der Waals surface area contributed by atoms with E-state index in [4.69, 9.17) is 5.11 Å². The van der Waals surface area contributed by atoms with Crippen LogP contribution in [0.5, 0.6) is 0 Å². The molecule has 1 aromatic carbocycles. The van der Waals surface area contributed by atoms with Gasteiger partial charge in [-0.2, -0.15) is 5.10 Å². The summed E-state index contributed by atoms with van der Waals surface area (Å²) in [6, 6.07) is 9.22. The lowest BCUT2D eigenvalue weighted by atomic mass is 10.1. The van der Waals surface area contributed by atoms with Crippen LogP contribution in [0.25, 0.3) is 11.4 Å². The van der Waals surface area contributed by atoms with Crippen molar-refractivity contribution in [1.29, 1.82) is 0 Å². The molecule has 0 aliphatic rings. The molecule has 0 bridgehead atoms. The van der Waals surface area contributed by atoms with Crippen LogP contribution in [0.4, 0.5) is 11.6 Å². The monoisotopic (exact) mass is 380 g/mol. The van der Waals surface area contributed by atoms with E-state index >= 15 is 0 Å². The topological polar surface area (TPSA) is 105 Å². The van der Waals surface area contributed by atoms with Crippen LogP contribution in [0.3, 0.4) is 0 Å². The summed E-state index contributed by atoms with van der Waals surface area (Å²) >= 11 is 0. The van der Waals surface area contributed by atoms with Crippen molar-refractivity contribution in [3.05, 3.63) is 53.3 Å². The number of aliphatic hydroxyl groups excluding tert-OH is 1. The Morgan fingerprint density at radius 1 is 1.18 bits per heavy atom. The molecule has 0 aliphatic heterocycles. The first-order valence-electron chi connectivity index (χ1n) is 9.00. The van der Waals surface area contributed by atoms with Crippen LogP contribution in [0.1, 0.15) is 28.5 Å². The molecule has 0 fully saturated rings. The lowest BCUT2D eigenvalue weighted by Crippen LogP contribution is -2.36. The molecule has 3 rings (SSSR count). The number of benzene rings is 1. The second-order valence-electron chi connectivity index (χ2n) is 6.86. The van der Waals surface area contributed by atoms with Crippen LogP contribution in [0, 0.1) is 13.8 Å². The Morgan fingerprint density at radius 3 is 2.57 bits per heavy atom. The van der Waals surface area contributed by atoms with Crippen molar-refractivity contribution < 1.29 is 9.90 Å². The maximum absolute atomic E-state index is 12.3. The van der Waals surface area contributed by atoms with Crippen molar-refractivity contribution in [2.45, 2.75) is 26.8 Å². The minimum absolute atomic E-state index is 0.129. The molecular formula is C20H24N6O2. The molecule has 2 heterocycles. The van der Waals surface area contributed by atoms with Crippen molar-refractivity contribution in [2.24, 2.45) is 7.05 Å². The lowest BCUT2D eigenvalue weighted by Gasteiger charge is -2.10. The van der Waals surface area contributed by atoms with Gasteiger partial charge in [0.15, 0.2) is 0 Å². The minimum atomic E-state index is -0.335. The van der Waals surface area contributed by atoms with Crippen LogP contribution in [0.15, 0.2) is 36.5 Å². The molecule has 28 heavy (non-hydrogen) atoms. The normalized spacial score (nSPS) is 11.9. The van der Waals surface area contributed by atoms with Gasteiger partial charge in [-0.1, -0.05) is 6.07 Å². The quantitative estimate of drug-likeness (QED) is 0.606. The number of nitrogens with one attached hydrogen (secondary N) is 2. The molecule has 0 radical (unpaired) electrons. The molecule has 8 nitrogen and oxygen atoms in total. The van der Waals surface area contributed by atoms with E-state index in [1.54, 1.807) is 32.3 Å². The van der Waals surface area contributed by atoms with Crippen LogP contribution in [-0.4, -0.2) is 43.4 Å². The van der Waals surface area contributed by atoms with E-state index in [1.807, 2.05) is 26.0 Å². The molecule has 8 heteroatoms. The summed E-state index contributed by atoms with van der Waals surface area (Å²) in [6.07, 6.45) is 1.65. The van der Waals surface area contributed by atoms with Gasteiger partial charge in [0.25, 0.3) is 5.91 Å². The van der Waals surface area contributed by atoms with Gasteiger partial charge in [0.05, 0.1) is 12.3 Å².